The molecule has 0 amide bonds. The zero-order valence-corrected chi connectivity index (χ0v) is 8.49. The van der Waals surface area contributed by atoms with Crippen LogP contribution in [0.2, 0.25) is 0 Å². The van der Waals surface area contributed by atoms with Crippen LogP contribution >= 0.6 is 22.6 Å². The number of alkyl halides is 1. The smallest absolute Gasteiger partial charge is 0.00332 e. The molecule has 1 aliphatic carbocycles. The van der Waals surface area contributed by atoms with Crippen molar-refractivity contribution >= 4 is 22.6 Å². The molecule has 0 saturated heterocycles. The topological polar surface area (TPSA) is 0 Å². The highest BCUT2D eigenvalue weighted by molar-refractivity contribution is 14.1. The van der Waals surface area contributed by atoms with Crippen molar-refractivity contribution in [3.8, 4) is 0 Å². The highest BCUT2D eigenvalue weighted by atomic mass is 127. The van der Waals surface area contributed by atoms with Crippen LogP contribution in [0.15, 0.2) is 0 Å². The van der Waals surface area contributed by atoms with E-state index in [0.29, 0.717) is 0 Å². The fourth-order valence-corrected chi connectivity index (χ4v) is 1.06. The van der Waals surface area contributed by atoms with Gasteiger partial charge < -0.3 is 0 Å². The largest absolute Gasteiger partial charge is 0.0867 e. The second-order valence-corrected chi connectivity index (χ2v) is 3.91. The van der Waals surface area contributed by atoms with E-state index in [1.54, 1.807) is 0 Å². The first-order chi connectivity index (χ1) is 4.41. The van der Waals surface area contributed by atoms with E-state index in [2.05, 4.69) is 29.5 Å². The monoisotopic (exact) mass is 240 g/mol. The van der Waals surface area contributed by atoms with Crippen LogP contribution in [0.25, 0.3) is 0 Å². The number of hydrogen-bond acceptors (Lipinski definition) is 0. The average molecular weight is 240 g/mol. The van der Waals surface area contributed by atoms with Gasteiger partial charge in [-0.1, -0.05) is 68.0 Å². The maximum absolute atomic E-state index is 2.29. The van der Waals surface area contributed by atoms with E-state index >= 15 is 0 Å². The van der Waals surface area contributed by atoms with Crippen LogP contribution in [0.3, 0.4) is 0 Å². The van der Waals surface area contributed by atoms with E-state index in [9.17, 15) is 0 Å². The molecule has 0 atom stereocenters. The molecule has 56 valence electrons. The maximum Gasteiger partial charge on any atom is -0.00332 e. The average Bonchev–Trinajstić information content (AvgIpc) is 1.93. The van der Waals surface area contributed by atoms with Crippen molar-refractivity contribution in [2.24, 2.45) is 0 Å². The lowest BCUT2D eigenvalue weighted by atomic mass is 10.0. The summed E-state index contributed by atoms with van der Waals surface area (Å²) in [7, 11) is 0. The van der Waals surface area contributed by atoms with Gasteiger partial charge in [-0.05, 0) is 4.43 Å². The van der Waals surface area contributed by atoms with Crippen LogP contribution in [0.4, 0.5) is 0 Å². The Labute approximate surface area is 72.6 Å². The summed E-state index contributed by atoms with van der Waals surface area (Å²) >= 11 is 2.29. The standard InChI is InChI=1S/C6H12.C2H5I/c1-2-4-6-5-3-1;1-2-3/h1-6H2;2H2,1H3. The van der Waals surface area contributed by atoms with Crippen LogP contribution in [0, 0.1) is 0 Å². The van der Waals surface area contributed by atoms with E-state index in [-0.39, 0.29) is 0 Å². The summed E-state index contributed by atoms with van der Waals surface area (Å²) < 4.78 is 1.22. The first-order valence-corrected chi connectivity index (χ1v) is 5.50. The van der Waals surface area contributed by atoms with Gasteiger partial charge in [-0.15, -0.1) is 0 Å². The SMILES string of the molecule is C1CCCCC1.CCI. The molecule has 0 unspecified atom stereocenters. The first kappa shape index (κ1) is 9.73. The summed E-state index contributed by atoms with van der Waals surface area (Å²) in [5.41, 5.74) is 0. The molecule has 0 bridgehead atoms. The quantitative estimate of drug-likeness (QED) is 0.446. The molecule has 1 heteroatoms. The Hall–Kier alpha value is 0.730. The normalized spacial score (nSPS) is 18.0. The van der Waals surface area contributed by atoms with Crippen LogP contribution < -0.4 is 0 Å². The van der Waals surface area contributed by atoms with Gasteiger partial charge in [-0.3, -0.25) is 0 Å². The van der Waals surface area contributed by atoms with E-state index in [0.717, 1.165) is 0 Å². The van der Waals surface area contributed by atoms with Gasteiger partial charge in [-0.2, -0.15) is 0 Å². The summed E-state index contributed by atoms with van der Waals surface area (Å²) in [5.74, 6) is 0. The second kappa shape index (κ2) is 8.73. The van der Waals surface area contributed by atoms with E-state index in [1.807, 2.05) is 0 Å². The molecule has 9 heavy (non-hydrogen) atoms. The Balaban J connectivity index is 0.000000187. The van der Waals surface area contributed by atoms with Crippen LogP contribution in [-0.4, -0.2) is 4.43 Å². The van der Waals surface area contributed by atoms with Gasteiger partial charge in [0.2, 0.25) is 0 Å². The first-order valence-electron chi connectivity index (χ1n) is 3.97. The Bertz CT molecular complexity index is 28.3. The predicted molar refractivity (Wildman–Crippen MR) is 52.3 cm³/mol. The predicted octanol–water partition coefficient (Wildman–Crippen LogP) is 3.78. The molecule has 0 aliphatic heterocycles. The third-order valence-electron chi connectivity index (χ3n) is 1.50. The number of halogens is 1. The van der Waals surface area contributed by atoms with Crippen molar-refractivity contribution in [3.05, 3.63) is 0 Å². The molecule has 0 spiro atoms. The molecule has 0 aromatic carbocycles. The summed E-state index contributed by atoms with van der Waals surface area (Å²) in [6.07, 6.45) is 9.00. The third-order valence-corrected chi connectivity index (χ3v) is 1.50. The summed E-state index contributed by atoms with van der Waals surface area (Å²) in [6.45, 7) is 2.11. The third kappa shape index (κ3) is 8.73. The van der Waals surface area contributed by atoms with Crippen molar-refractivity contribution in [2.75, 3.05) is 4.43 Å². The Morgan fingerprint density at radius 2 is 1.00 bits per heavy atom. The molecule has 1 aliphatic rings. The molecule has 1 rings (SSSR count). The zero-order valence-electron chi connectivity index (χ0n) is 6.33. The van der Waals surface area contributed by atoms with Gasteiger partial charge in [0.05, 0.1) is 0 Å². The molecule has 1 saturated carbocycles. The fourth-order valence-electron chi connectivity index (χ4n) is 1.06. The molecular weight excluding hydrogens is 223 g/mol. The van der Waals surface area contributed by atoms with Gasteiger partial charge in [-0.25, -0.2) is 0 Å². The van der Waals surface area contributed by atoms with Gasteiger partial charge >= 0.3 is 0 Å². The minimum Gasteiger partial charge on any atom is -0.0867 e. The van der Waals surface area contributed by atoms with Gasteiger partial charge in [0.25, 0.3) is 0 Å². The van der Waals surface area contributed by atoms with E-state index in [1.165, 1.54) is 43.0 Å². The maximum atomic E-state index is 2.29. The van der Waals surface area contributed by atoms with Gasteiger partial charge in [0, 0.05) is 0 Å². The molecule has 0 nitrogen and oxygen atoms in total. The van der Waals surface area contributed by atoms with Crippen molar-refractivity contribution in [3.63, 3.8) is 0 Å². The number of hydrogen-bond donors (Lipinski definition) is 0. The lowest BCUT2D eigenvalue weighted by Crippen LogP contribution is -1.85. The highest BCUT2D eigenvalue weighted by Gasteiger charge is 1.95. The van der Waals surface area contributed by atoms with Gasteiger partial charge in [0.15, 0.2) is 0 Å². The summed E-state index contributed by atoms with van der Waals surface area (Å²) in [4.78, 5) is 0. The Morgan fingerprint density at radius 1 is 0.889 bits per heavy atom. The zero-order chi connectivity index (χ0) is 6.95. The van der Waals surface area contributed by atoms with E-state index < -0.39 is 0 Å². The van der Waals surface area contributed by atoms with Crippen molar-refractivity contribution in [1.82, 2.24) is 0 Å². The highest BCUT2D eigenvalue weighted by Crippen LogP contribution is 2.15. The second-order valence-electron chi connectivity index (χ2n) is 2.39. The fraction of sp³-hybridized carbons (Fsp3) is 1.00. The van der Waals surface area contributed by atoms with Crippen molar-refractivity contribution in [2.45, 2.75) is 45.4 Å². The molecular formula is C8H17I. The van der Waals surface area contributed by atoms with Crippen LogP contribution in [0.1, 0.15) is 45.4 Å². The molecule has 0 aromatic rings. The number of rotatable bonds is 0. The van der Waals surface area contributed by atoms with Gasteiger partial charge in [0.1, 0.15) is 0 Å². The molecule has 0 heterocycles. The molecule has 1 fully saturated rings. The lowest BCUT2D eigenvalue weighted by Gasteiger charge is -2.05. The minimum atomic E-state index is 1.22. The van der Waals surface area contributed by atoms with Crippen molar-refractivity contribution in [1.29, 1.82) is 0 Å². The van der Waals surface area contributed by atoms with E-state index in [4.69, 9.17) is 0 Å². The summed E-state index contributed by atoms with van der Waals surface area (Å²) in [6, 6.07) is 0. The van der Waals surface area contributed by atoms with Crippen LogP contribution in [-0.2, 0) is 0 Å². The molecule has 0 radical (unpaired) electrons. The Morgan fingerprint density at radius 3 is 1.11 bits per heavy atom. The lowest BCUT2D eigenvalue weighted by molar-refractivity contribution is 0.504. The molecule has 0 N–H and O–H groups in total. The van der Waals surface area contributed by atoms with Crippen LogP contribution in [0.5, 0.6) is 0 Å². The molecule has 0 aromatic heterocycles. The minimum absolute atomic E-state index is 1.22. The Kier molecular flexibility index (Phi) is 9.44. The summed E-state index contributed by atoms with van der Waals surface area (Å²) in [5, 5.41) is 0. The van der Waals surface area contributed by atoms with Crippen molar-refractivity contribution < 1.29 is 0 Å².